The average Bonchev–Trinajstić information content (AvgIpc) is 2.41. The van der Waals surface area contributed by atoms with E-state index in [1.807, 2.05) is 6.92 Å². The largest absolute Gasteiger partial charge is 0.427 e. The van der Waals surface area contributed by atoms with E-state index >= 15 is 0 Å². The van der Waals surface area contributed by atoms with E-state index in [4.69, 9.17) is 4.74 Å². The van der Waals surface area contributed by atoms with Crippen LogP contribution in [0.1, 0.15) is 23.0 Å². The maximum atomic E-state index is 12.1. The van der Waals surface area contributed by atoms with Gasteiger partial charge in [0.05, 0.1) is 11.4 Å². The second-order valence-corrected chi connectivity index (χ2v) is 4.21. The first kappa shape index (κ1) is 13.7. The molecule has 0 saturated carbocycles. The van der Waals surface area contributed by atoms with Crippen molar-refractivity contribution >= 4 is 17.6 Å². The fourth-order valence-corrected chi connectivity index (χ4v) is 1.68. The number of ether oxygens (including phenoxy) is 1. The van der Waals surface area contributed by atoms with Crippen LogP contribution < -0.4 is 10.1 Å². The summed E-state index contributed by atoms with van der Waals surface area (Å²) >= 11 is 0. The number of hydrogen-bond acceptors (Lipinski definition) is 4. The van der Waals surface area contributed by atoms with Crippen molar-refractivity contribution in [2.45, 2.75) is 13.8 Å². The van der Waals surface area contributed by atoms with Gasteiger partial charge in [-0.05, 0) is 37.3 Å². The lowest BCUT2D eigenvalue weighted by Gasteiger charge is -2.08. The summed E-state index contributed by atoms with van der Waals surface area (Å²) in [6, 6.07) is 9.96. The van der Waals surface area contributed by atoms with Gasteiger partial charge in [0.1, 0.15) is 5.75 Å². The van der Waals surface area contributed by atoms with Crippen molar-refractivity contribution in [3.05, 3.63) is 53.9 Å². The number of anilines is 1. The quantitative estimate of drug-likeness (QED) is 0.687. The number of esters is 1. The Kier molecular flexibility index (Phi) is 4.10. The third-order valence-electron chi connectivity index (χ3n) is 2.61. The zero-order valence-electron chi connectivity index (χ0n) is 11.2. The van der Waals surface area contributed by atoms with Crippen molar-refractivity contribution in [3.63, 3.8) is 0 Å². The molecule has 0 bridgehead atoms. The minimum absolute atomic E-state index is 0.282. The summed E-state index contributed by atoms with van der Waals surface area (Å²) in [6.45, 7) is 3.12. The Morgan fingerprint density at radius 2 is 2.00 bits per heavy atom. The van der Waals surface area contributed by atoms with Gasteiger partial charge < -0.3 is 10.1 Å². The fourth-order valence-electron chi connectivity index (χ4n) is 1.68. The lowest BCUT2D eigenvalue weighted by atomic mass is 10.2. The van der Waals surface area contributed by atoms with Crippen LogP contribution in [0.4, 0.5) is 5.69 Å². The number of hydrogen-bond donors (Lipinski definition) is 1. The molecule has 0 aliphatic rings. The van der Waals surface area contributed by atoms with Gasteiger partial charge in [-0.1, -0.05) is 6.07 Å². The number of amides is 1. The maximum absolute atomic E-state index is 12.1. The summed E-state index contributed by atoms with van der Waals surface area (Å²) < 4.78 is 4.95. The molecular formula is C15H14N2O3. The Labute approximate surface area is 116 Å². The average molecular weight is 270 g/mol. The highest BCUT2D eigenvalue weighted by atomic mass is 16.5. The van der Waals surface area contributed by atoms with Crippen molar-refractivity contribution in [1.82, 2.24) is 4.98 Å². The minimum atomic E-state index is -0.425. The van der Waals surface area contributed by atoms with Crippen LogP contribution in [0, 0.1) is 6.92 Å². The lowest BCUT2D eigenvalue weighted by molar-refractivity contribution is -0.131. The molecule has 1 heterocycles. The third-order valence-corrected chi connectivity index (χ3v) is 2.61. The first-order chi connectivity index (χ1) is 9.56. The van der Waals surface area contributed by atoms with Gasteiger partial charge in [-0.15, -0.1) is 0 Å². The Bertz CT molecular complexity index is 653. The molecule has 5 nitrogen and oxygen atoms in total. The molecule has 2 rings (SSSR count). The van der Waals surface area contributed by atoms with Crippen LogP contribution >= 0.6 is 0 Å². The number of carbonyl (C=O) groups excluding carboxylic acids is 2. The monoisotopic (exact) mass is 270 g/mol. The highest BCUT2D eigenvalue weighted by molar-refractivity contribution is 6.04. The van der Waals surface area contributed by atoms with Crippen molar-refractivity contribution < 1.29 is 14.3 Å². The molecule has 2 aromatic rings. The van der Waals surface area contributed by atoms with Gasteiger partial charge in [0.15, 0.2) is 0 Å². The van der Waals surface area contributed by atoms with Crippen LogP contribution in [0.5, 0.6) is 5.75 Å². The van der Waals surface area contributed by atoms with Gasteiger partial charge in [-0.25, -0.2) is 0 Å². The van der Waals surface area contributed by atoms with Crippen LogP contribution in [-0.4, -0.2) is 16.9 Å². The van der Waals surface area contributed by atoms with Gasteiger partial charge in [0.25, 0.3) is 5.91 Å². The molecule has 1 amide bonds. The summed E-state index contributed by atoms with van der Waals surface area (Å²) in [5.74, 6) is -0.367. The van der Waals surface area contributed by atoms with Crippen molar-refractivity contribution in [3.8, 4) is 5.75 Å². The molecule has 1 N–H and O–H groups in total. The second kappa shape index (κ2) is 5.97. The number of aryl methyl sites for hydroxylation is 1. The Balaban J connectivity index is 2.17. The first-order valence-electron chi connectivity index (χ1n) is 6.08. The number of nitrogens with zero attached hydrogens (tertiary/aromatic N) is 1. The molecule has 5 heteroatoms. The standard InChI is InChI=1S/C15H14N2O3/c1-10-14(7-4-8-16-10)17-15(19)12-5-3-6-13(9-12)20-11(2)18/h3-9H,1-2H3,(H,17,19). The van der Waals surface area contributed by atoms with E-state index in [9.17, 15) is 9.59 Å². The Morgan fingerprint density at radius 3 is 2.70 bits per heavy atom. The maximum Gasteiger partial charge on any atom is 0.308 e. The van der Waals surface area contributed by atoms with Crippen LogP contribution in [0.25, 0.3) is 0 Å². The Hall–Kier alpha value is -2.69. The van der Waals surface area contributed by atoms with Crippen LogP contribution in [-0.2, 0) is 4.79 Å². The smallest absolute Gasteiger partial charge is 0.308 e. The first-order valence-corrected chi connectivity index (χ1v) is 6.08. The zero-order chi connectivity index (χ0) is 14.5. The van der Waals surface area contributed by atoms with Gasteiger partial charge >= 0.3 is 5.97 Å². The van der Waals surface area contributed by atoms with E-state index < -0.39 is 5.97 Å². The van der Waals surface area contributed by atoms with Crippen LogP contribution in [0.15, 0.2) is 42.6 Å². The van der Waals surface area contributed by atoms with Crippen molar-refractivity contribution in [2.75, 3.05) is 5.32 Å². The van der Waals surface area contributed by atoms with E-state index in [2.05, 4.69) is 10.3 Å². The summed E-state index contributed by atoms with van der Waals surface area (Å²) in [5.41, 5.74) is 1.79. The topological polar surface area (TPSA) is 68.3 Å². The molecule has 0 aliphatic heterocycles. The molecular weight excluding hydrogens is 256 g/mol. The molecule has 0 fully saturated rings. The van der Waals surface area contributed by atoms with E-state index in [0.717, 1.165) is 5.69 Å². The number of benzene rings is 1. The van der Waals surface area contributed by atoms with Gasteiger partial charge in [-0.2, -0.15) is 0 Å². The molecule has 1 aromatic carbocycles. The summed E-state index contributed by atoms with van der Waals surface area (Å²) in [7, 11) is 0. The van der Waals surface area contributed by atoms with Crippen LogP contribution in [0.2, 0.25) is 0 Å². The van der Waals surface area contributed by atoms with E-state index in [1.165, 1.54) is 13.0 Å². The molecule has 102 valence electrons. The second-order valence-electron chi connectivity index (χ2n) is 4.21. The summed E-state index contributed by atoms with van der Waals surface area (Å²) in [5, 5.41) is 2.77. The third kappa shape index (κ3) is 3.41. The number of nitrogens with one attached hydrogen (secondary N) is 1. The van der Waals surface area contributed by atoms with Crippen molar-refractivity contribution in [2.24, 2.45) is 0 Å². The van der Waals surface area contributed by atoms with Crippen molar-refractivity contribution in [1.29, 1.82) is 0 Å². The molecule has 0 saturated heterocycles. The SMILES string of the molecule is CC(=O)Oc1cccc(C(=O)Nc2cccnc2C)c1. The fraction of sp³-hybridized carbons (Fsp3) is 0.133. The highest BCUT2D eigenvalue weighted by Gasteiger charge is 2.09. The van der Waals surface area contributed by atoms with E-state index in [0.29, 0.717) is 17.0 Å². The molecule has 0 atom stereocenters. The van der Waals surface area contributed by atoms with Gasteiger partial charge in [-0.3, -0.25) is 14.6 Å². The minimum Gasteiger partial charge on any atom is -0.427 e. The predicted molar refractivity (Wildman–Crippen MR) is 74.7 cm³/mol. The number of rotatable bonds is 3. The van der Waals surface area contributed by atoms with Gasteiger partial charge in [0.2, 0.25) is 0 Å². The zero-order valence-corrected chi connectivity index (χ0v) is 11.2. The predicted octanol–water partition coefficient (Wildman–Crippen LogP) is 2.57. The highest BCUT2D eigenvalue weighted by Crippen LogP contribution is 2.16. The number of pyridine rings is 1. The van der Waals surface area contributed by atoms with E-state index in [1.54, 1.807) is 36.5 Å². The lowest BCUT2D eigenvalue weighted by Crippen LogP contribution is -2.13. The normalized spacial score (nSPS) is 9.90. The van der Waals surface area contributed by atoms with E-state index in [-0.39, 0.29) is 5.91 Å². The summed E-state index contributed by atoms with van der Waals surface area (Å²) in [4.78, 5) is 27.1. The molecule has 0 aliphatic carbocycles. The van der Waals surface area contributed by atoms with Crippen LogP contribution in [0.3, 0.4) is 0 Å². The molecule has 0 spiro atoms. The molecule has 0 radical (unpaired) electrons. The molecule has 1 aromatic heterocycles. The summed E-state index contributed by atoms with van der Waals surface area (Å²) in [6.07, 6.45) is 1.66. The van der Waals surface area contributed by atoms with Gasteiger partial charge in [0, 0.05) is 18.7 Å². The molecule has 20 heavy (non-hydrogen) atoms. The Morgan fingerprint density at radius 1 is 1.20 bits per heavy atom. The number of aromatic nitrogens is 1. The molecule has 0 unspecified atom stereocenters. The number of carbonyl (C=O) groups is 2.